The van der Waals surface area contributed by atoms with Crippen molar-refractivity contribution in [1.29, 1.82) is 0 Å². The zero-order valence-corrected chi connectivity index (χ0v) is 19.4. The number of benzene rings is 2. The first-order chi connectivity index (χ1) is 14.2. The Morgan fingerprint density at radius 2 is 1.53 bits per heavy atom. The number of carbonyl (C=O) groups excluding carboxylic acids is 1. The largest absolute Gasteiger partial charge is 0.330 e. The van der Waals surface area contributed by atoms with Crippen LogP contribution >= 0.6 is 0 Å². The number of aryl methyl sites for hydroxylation is 1. The minimum atomic E-state index is -3.46. The standard InChI is InChI=1S/C23H33N3O3S/c1-6-19-9-13-21(14-10-19)25-23(27)18(5)24-17(4)20-11-15-22(16-12-20)30(28,29)26(7-2)8-3/h9-18,24H,6-8H2,1-5H3,(H,25,27)/p+1/t17-,18-/m0/s1. The van der Waals surface area contributed by atoms with E-state index in [2.05, 4.69) is 12.2 Å². The van der Waals surface area contributed by atoms with Gasteiger partial charge >= 0.3 is 0 Å². The van der Waals surface area contributed by atoms with Crippen LogP contribution in [0, 0.1) is 0 Å². The second kappa shape index (κ2) is 10.7. The van der Waals surface area contributed by atoms with Crippen LogP contribution in [0.4, 0.5) is 5.69 Å². The third kappa shape index (κ3) is 5.90. The van der Waals surface area contributed by atoms with Gasteiger partial charge in [0.25, 0.3) is 5.91 Å². The number of quaternary nitrogens is 1. The van der Waals surface area contributed by atoms with Crippen LogP contribution in [0.25, 0.3) is 0 Å². The van der Waals surface area contributed by atoms with Crippen molar-refractivity contribution in [3.8, 4) is 0 Å². The Morgan fingerprint density at radius 1 is 0.967 bits per heavy atom. The molecule has 2 rings (SSSR count). The van der Waals surface area contributed by atoms with E-state index in [0.717, 1.165) is 17.7 Å². The number of hydrogen-bond acceptors (Lipinski definition) is 3. The minimum absolute atomic E-state index is 0.0124. The number of carbonyl (C=O) groups is 1. The smallest absolute Gasteiger partial charge is 0.282 e. The maximum atomic E-state index is 12.6. The van der Waals surface area contributed by atoms with Crippen molar-refractivity contribution in [1.82, 2.24) is 4.31 Å². The van der Waals surface area contributed by atoms with Crippen LogP contribution in [0.1, 0.15) is 51.8 Å². The van der Waals surface area contributed by atoms with E-state index in [1.54, 1.807) is 12.1 Å². The highest BCUT2D eigenvalue weighted by Crippen LogP contribution is 2.18. The van der Waals surface area contributed by atoms with E-state index in [1.807, 2.05) is 69.4 Å². The van der Waals surface area contributed by atoms with Crippen molar-refractivity contribution >= 4 is 21.6 Å². The predicted molar refractivity (Wildman–Crippen MR) is 121 cm³/mol. The van der Waals surface area contributed by atoms with Gasteiger partial charge in [0.05, 0.1) is 4.90 Å². The highest BCUT2D eigenvalue weighted by Gasteiger charge is 2.23. The Balaban J connectivity index is 2.00. The summed E-state index contributed by atoms with van der Waals surface area (Å²) in [7, 11) is -3.46. The molecule has 2 aromatic rings. The van der Waals surface area contributed by atoms with Gasteiger partial charge in [0.15, 0.2) is 6.04 Å². The van der Waals surface area contributed by atoms with Gasteiger partial charge < -0.3 is 10.6 Å². The molecule has 164 valence electrons. The summed E-state index contributed by atoms with van der Waals surface area (Å²) in [5.41, 5.74) is 2.99. The average Bonchev–Trinajstić information content (AvgIpc) is 2.75. The van der Waals surface area contributed by atoms with Crippen molar-refractivity contribution in [2.45, 2.75) is 58.0 Å². The van der Waals surface area contributed by atoms with Gasteiger partial charge in [-0.3, -0.25) is 4.79 Å². The van der Waals surface area contributed by atoms with Crippen molar-refractivity contribution in [3.05, 3.63) is 59.7 Å². The van der Waals surface area contributed by atoms with Crippen LogP contribution in [0.3, 0.4) is 0 Å². The molecular formula is C23H34N3O3S+. The van der Waals surface area contributed by atoms with Crippen LogP contribution in [-0.2, 0) is 21.2 Å². The van der Waals surface area contributed by atoms with Crippen molar-refractivity contribution in [2.75, 3.05) is 18.4 Å². The van der Waals surface area contributed by atoms with Crippen molar-refractivity contribution in [2.24, 2.45) is 0 Å². The number of sulfonamides is 1. The fraction of sp³-hybridized carbons (Fsp3) is 0.435. The van der Waals surface area contributed by atoms with Gasteiger partial charge in [-0.1, -0.05) is 45.0 Å². The summed E-state index contributed by atoms with van der Waals surface area (Å²) in [4.78, 5) is 12.8. The van der Waals surface area contributed by atoms with E-state index in [-0.39, 0.29) is 18.0 Å². The first-order valence-electron chi connectivity index (χ1n) is 10.6. The van der Waals surface area contributed by atoms with Crippen molar-refractivity contribution in [3.63, 3.8) is 0 Å². The molecule has 1 amide bonds. The Hall–Kier alpha value is -2.22. The average molecular weight is 433 g/mol. The van der Waals surface area contributed by atoms with E-state index >= 15 is 0 Å². The number of rotatable bonds is 10. The SMILES string of the molecule is CCc1ccc(NC(=O)[C@H](C)[NH2+][C@@H](C)c2ccc(S(=O)(=O)N(CC)CC)cc2)cc1. The molecule has 3 N–H and O–H groups in total. The summed E-state index contributed by atoms with van der Waals surface area (Å²) >= 11 is 0. The number of nitrogens with zero attached hydrogens (tertiary/aromatic N) is 1. The minimum Gasteiger partial charge on any atom is -0.330 e. The molecule has 0 aliphatic carbocycles. The molecule has 0 spiro atoms. The number of anilines is 1. The number of nitrogens with one attached hydrogen (secondary N) is 1. The van der Waals surface area contributed by atoms with E-state index in [4.69, 9.17) is 0 Å². The molecule has 0 unspecified atom stereocenters. The Labute approximate surface area is 180 Å². The second-order valence-corrected chi connectivity index (χ2v) is 9.41. The number of amides is 1. The normalized spacial score (nSPS) is 13.8. The molecule has 30 heavy (non-hydrogen) atoms. The molecular weight excluding hydrogens is 398 g/mol. The molecule has 0 bridgehead atoms. The van der Waals surface area contributed by atoms with Crippen LogP contribution in [0.2, 0.25) is 0 Å². The first-order valence-corrected chi connectivity index (χ1v) is 12.0. The maximum Gasteiger partial charge on any atom is 0.282 e. The summed E-state index contributed by atoms with van der Waals surface area (Å²) in [5.74, 6) is -0.0631. The number of nitrogens with two attached hydrogens (primary N) is 1. The van der Waals surface area contributed by atoms with E-state index in [0.29, 0.717) is 18.0 Å². The van der Waals surface area contributed by atoms with E-state index in [9.17, 15) is 13.2 Å². The van der Waals surface area contributed by atoms with Gasteiger partial charge in [0, 0.05) is 24.3 Å². The first kappa shape index (κ1) is 24.1. The molecule has 0 saturated heterocycles. The molecule has 0 heterocycles. The highest BCUT2D eigenvalue weighted by atomic mass is 32.2. The summed E-state index contributed by atoms with van der Waals surface area (Å²) < 4.78 is 26.7. The van der Waals surface area contributed by atoms with Gasteiger partial charge in [-0.05, 0) is 50.1 Å². The summed E-state index contributed by atoms with van der Waals surface area (Å²) in [6.07, 6.45) is 0.963. The van der Waals surface area contributed by atoms with E-state index < -0.39 is 10.0 Å². The van der Waals surface area contributed by atoms with Gasteiger partial charge in [0.2, 0.25) is 10.0 Å². The topological polar surface area (TPSA) is 83.1 Å². The summed E-state index contributed by atoms with van der Waals surface area (Å²) in [6, 6.07) is 14.5. The Morgan fingerprint density at radius 3 is 2.03 bits per heavy atom. The van der Waals surface area contributed by atoms with Crippen LogP contribution in [0.5, 0.6) is 0 Å². The molecule has 0 aromatic heterocycles. The molecule has 2 aromatic carbocycles. The predicted octanol–water partition coefficient (Wildman–Crippen LogP) is 2.93. The fourth-order valence-corrected chi connectivity index (χ4v) is 4.83. The molecule has 7 heteroatoms. The number of hydrogen-bond donors (Lipinski definition) is 2. The molecule has 0 aliphatic rings. The lowest BCUT2D eigenvalue weighted by atomic mass is 10.1. The zero-order chi connectivity index (χ0) is 22.3. The fourth-order valence-electron chi connectivity index (χ4n) is 3.37. The maximum absolute atomic E-state index is 12.6. The zero-order valence-electron chi connectivity index (χ0n) is 18.6. The molecule has 6 nitrogen and oxygen atoms in total. The van der Waals surface area contributed by atoms with Crippen LogP contribution in [-0.4, -0.2) is 37.8 Å². The molecule has 0 radical (unpaired) electrons. The van der Waals surface area contributed by atoms with Crippen LogP contribution < -0.4 is 10.6 Å². The van der Waals surface area contributed by atoms with Gasteiger partial charge in [-0.15, -0.1) is 0 Å². The monoisotopic (exact) mass is 432 g/mol. The van der Waals surface area contributed by atoms with Gasteiger partial charge in [-0.2, -0.15) is 4.31 Å². The molecule has 0 fully saturated rings. The lowest BCUT2D eigenvalue weighted by Crippen LogP contribution is -2.91. The summed E-state index contributed by atoms with van der Waals surface area (Å²) in [6.45, 7) is 10.5. The third-order valence-electron chi connectivity index (χ3n) is 5.37. The van der Waals surface area contributed by atoms with Gasteiger partial charge in [0.1, 0.15) is 6.04 Å². The van der Waals surface area contributed by atoms with Gasteiger partial charge in [-0.25, -0.2) is 8.42 Å². The lowest BCUT2D eigenvalue weighted by molar-refractivity contribution is -0.709. The van der Waals surface area contributed by atoms with Crippen LogP contribution in [0.15, 0.2) is 53.4 Å². The molecule has 0 saturated carbocycles. The quantitative estimate of drug-likeness (QED) is 0.606. The third-order valence-corrected chi connectivity index (χ3v) is 7.43. The highest BCUT2D eigenvalue weighted by molar-refractivity contribution is 7.89. The molecule has 2 atom stereocenters. The Kier molecular flexibility index (Phi) is 8.58. The van der Waals surface area contributed by atoms with E-state index in [1.165, 1.54) is 9.87 Å². The van der Waals surface area contributed by atoms with Crippen molar-refractivity contribution < 1.29 is 18.5 Å². The lowest BCUT2D eigenvalue weighted by Gasteiger charge is -2.20. The molecule has 0 aliphatic heterocycles. The second-order valence-electron chi connectivity index (χ2n) is 7.47. The Bertz CT molecular complexity index is 921. The summed E-state index contributed by atoms with van der Waals surface area (Å²) in [5, 5.41) is 4.92.